The Hall–Kier alpha value is -0.0500. The Bertz CT molecular complexity index is 321. The molecule has 1 saturated heterocycles. The molecule has 0 aromatic heterocycles. The fraction of sp³-hybridized carbons (Fsp3) is 0.455. The van der Waals surface area contributed by atoms with Gasteiger partial charge in [-0.25, -0.2) is 0 Å². The molecule has 3 heteroatoms. The van der Waals surface area contributed by atoms with E-state index in [1.807, 2.05) is 12.1 Å². The summed E-state index contributed by atoms with van der Waals surface area (Å²) >= 11 is 9.43. The quantitative estimate of drug-likeness (QED) is 0.871. The van der Waals surface area contributed by atoms with Gasteiger partial charge in [0.05, 0.1) is 5.02 Å². The molecule has 14 heavy (non-hydrogen) atoms. The van der Waals surface area contributed by atoms with Crippen molar-refractivity contribution < 1.29 is 0 Å². The Morgan fingerprint density at radius 2 is 2.36 bits per heavy atom. The second-order valence-corrected chi connectivity index (χ2v) is 5.01. The van der Waals surface area contributed by atoms with E-state index in [0.29, 0.717) is 6.04 Å². The van der Waals surface area contributed by atoms with E-state index in [9.17, 15) is 0 Å². The first-order valence-electron chi connectivity index (χ1n) is 4.93. The van der Waals surface area contributed by atoms with Gasteiger partial charge in [0.25, 0.3) is 0 Å². The normalized spacial score (nSPS) is 21.4. The van der Waals surface area contributed by atoms with Gasteiger partial charge in [-0.15, -0.1) is 0 Å². The Labute approximate surface area is 98.0 Å². The lowest BCUT2D eigenvalue weighted by Crippen LogP contribution is -2.23. The van der Waals surface area contributed by atoms with Gasteiger partial charge in [-0.05, 0) is 59.4 Å². The number of halogens is 2. The van der Waals surface area contributed by atoms with E-state index >= 15 is 0 Å². The van der Waals surface area contributed by atoms with Crippen LogP contribution in [0.1, 0.15) is 18.4 Å². The molecule has 1 heterocycles. The van der Waals surface area contributed by atoms with Crippen molar-refractivity contribution in [3.8, 4) is 0 Å². The first kappa shape index (κ1) is 10.5. The average molecular weight is 275 g/mol. The van der Waals surface area contributed by atoms with E-state index in [1.54, 1.807) is 0 Å². The maximum atomic E-state index is 6.03. The highest BCUT2D eigenvalue weighted by atomic mass is 79.9. The number of rotatable bonds is 2. The van der Waals surface area contributed by atoms with Gasteiger partial charge in [-0.2, -0.15) is 0 Å². The first-order valence-corrected chi connectivity index (χ1v) is 6.10. The predicted molar refractivity (Wildman–Crippen MR) is 63.9 cm³/mol. The molecule has 1 atom stereocenters. The zero-order valence-electron chi connectivity index (χ0n) is 7.89. The zero-order chi connectivity index (χ0) is 9.97. The lowest BCUT2D eigenvalue weighted by atomic mass is 10.1. The molecule has 0 bridgehead atoms. The fourth-order valence-corrected chi connectivity index (χ4v) is 2.33. The molecular formula is C11H13BrClN. The van der Waals surface area contributed by atoms with E-state index in [1.165, 1.54) is 18.4 Å². The van der Waals surface area contributed by atoms with Gasteiger partial charge in [0, 0.05) is 10.5 Å². The van der Waals surface area contributed by atoms with Crippen molar-refractivity contribution in [1.82, 2.24) is 5.32 Å². The topological polar surface area (TPSA) is 12.0 Å². The highest BCUT2D eigenvalue weighted by molar-refractivity contribution is 9.10. The highest BCUT2D eigenvalue weighted by Crippen LogP contribution is 2.24. The van der Waals surface area contributed by atoms with E-state index in [-0.39, 0.29) is 0 Å². The minimum Gasteiger partial charge on any atom is -0.314 e. The van der Waals surface area contributed by atoms with Crippen LogP contribution in [0.4, 0.5) is 0 Å². The molecule has 0 saturated carbocycles. The van der Waals surface area contributed by atoms with Crippen molar-refractivity contribution in [2.75, 3.05) is 6.54 Å². The third-order valence-electron chi connectivity index (χ3n) is 2.63. The van der Waals surface area contributed by atoms with Crippen LogP contribution in [0.2, 0.25) is 5.02 Å². The molecule has 1 aromatic carbocycles. The van der Waals surface area contributed by atoms with Crippen molar-refractivity contribution in [3.05, 3.63) is 33.3 Å². The molecule has 1 fully saturated rings. The molecule has 0 amide bonds. The second kappa shape index (κ2) is 4.65. The van der Waals surface area contributed by atoms with Crippen LogP contribution in [0, 0.1) is 0 Å². The Kier molecular flexibility index (Phi) is 3.47. The minimum absolute atomic E-state index is 0.646. The van der Waals surface area contributed by atoms with Crippen LogP contribution in [0.3, 0.4) is 0 Å². The summed E-state index contributed by atoms with van der Waals surface area (Å²) < 4.78 is 0.974. The van der Waals surface area contributed by atoms with E-state index in [0.717, 1.165) is 22.5 Å². The Balaban J connectivity index is 2.05. The van der Waals surface area contributed by atoms with Crippen LogP contribution < -0.4 is 5.32 Å². The summed E-state index contributed by atoms with van der Waals surface area (Å²) in [6.07, 6.45) is 3.68. The summed E-state index contributed by atoms with van der Waals surface area (Å²) in [5, 5.41) is 4.29. The molecule has 1 aromatic rings. The van der Waals surface area contributed by atoms with E-state index in [2.05, 4.69) is 27.3 Å². The summed E-state index contributed by atoms with van der Waals surface area (Å²) in [6.45, 7) is 1.16. The molecule has 1 nitrogen and oxygen atoms in total. The molecule has 0 radical (unpaired) electrons. The SMILES string of the molecule is Clc1cc(CC2CCCN2)ccc1Br. The monoisotopic (exact) mass is 273 g/mol. The van der Waals surface area contributed by atoms with Gasteiger partial charge < -0.3 is 5.32 Å². The second-order valence-electron chi connectivity index (χ2n) is 3.75. The number of benzene rings is 1. The van der Waals surface area contributed by atoms with Crippen LogP contribution in [-0.2, 0) is 6.42 Å². The smallest absolute Gasteiger partial charge is 0.0550 e. The van der Waals surface area contributed by atoms with E-state index in [4.69, 9.17) is 11.6 Å². The largest absolute Gasteiger partial charge is 0.314 e. The lowest BCUT2D eigenvalue weighted by molar-refractivity contribution is 0.603. The summed E-state index contributed by atoms with van der Waals surface area (Å²) in [4.78, 5) is 0. The predicted octanol–water partition coefficient (Wildman–Crippen LogP) is 3.40. The molecule has 0 aliphatic carbocycles. The molecular weight excluding hydrogens is 261 g/mol. The summed E-state index contributed by atoms with van der Waals surface area (Å²) in [7, 11) is 0. The third kappa shape index (κ3) is 2.50. The highest BCUT2D eigenvalue weighted by Gasteiger charge is 2.14. The standard InChI is InChI=1S/C11H13BrClN/c12-10-4-3-8(7-11(10)13)6-9-2-1-5-14-9/h3-4,7,9,14H,1-2,5-6H2. The first-order chi connectivity index (χ1) is 6.75. The molecule has 1 aliphatic rings. The van der Waals surface area contributed by atoms with Gasteiger partial charge in [0.15, 0.2) is 0 Å². The van der Waals surface area contributed by atoms with Crippen molar-refractivity contribution in [3.63, 3.8) is 0 Å². The average Bonchev–Trinajstić information content (AvgIpc) is 2.64. The van der Waals surface area contributed by atoms with Crippen molar-refractivity contribution in [2.45, 2.75) is 25.3 Å². The molecule has 76 valence electrons. The third-order valence-corrected chi connectivity index (χ3v) is 3.86. The zero-order valence-corrected chi connectivity index (χ0v) is 10.2. The van der Waals surface area contributed by atoms with Crippen LogP contribution in [-0.4, -0.2) is 12.6 Å². The van der Waals surface area contributed by atoms with Crippen molar-refractivity contribution in [2.24, 2.45) is 0 Å². The summed E-state index contributed by atoms with van der Waals surface area (Å²) in [5.74, 6) is 0. The molecule has 1 N–H and O–H groups in total. The van der Waals surface area contributed by atoms with Gasteiger partial charge in [-0.3, -0.25) is 0 Å². The maximum Gasteiger partial charge on any atom is 0.0550 e. The molecule has 1 unspecified atom stereocenters. The van der Waals surface area contributed by atoms with E-state index < -0.39 is 0 Å². The summed E-state index contributed by atoms with van der Waals surface area (Å²) in [5.41, 5.74) is 1.32. The van der Waals surface area contributed by atoms with Crippen molar-refractivity contribution >= 4 is 27.5 Å². The number of hydrogen-bond acceptors (Lipinski definition) is 1. The summed E-state index contributed by atoms with van der Waals surface area (Å²) in [6, 6.07) is 6.85. The van der Waals surface area contributed by atoms with Crippen LogP contribution >= 0.6 is 27.5 Å². The van der Waals surface area contributed by atoms with Gasteiger partial charge in [-0.1, -0.05) is 17.7 Å². The van der Waals surface area contributed by atoms with Gasteiger partial charge in [0.1, 0.15) is 0 Å². The fourth-order valence-electron chi connectivity index (χ4n) is 1.88. The Morgan fingerprint density at radius 3 is 3.00 bits per heavy atom. The van der Waals surface area contributed by atoms with Crippen LogP contribution in [0.5, 0.6) is 0 Å². The molecule has 1 aliphatic heterocycles. The van der Waals surface area contributed by atoms with Crippen LogP contribution in [0.15, 0.2) is 22.7 Å². The minimum atomic E-state index is 0.646. The molecule has 2 rings (SSSR count). The van der Waals surface area contributed by atoms with Gasteiger partial charge in [0.2, 0.25) is 0 Å². The van der Waals surface area contributed by atoms with Crippen LogP contribution in [0.25, 0.3) is 0 Å². The lowest BCUT2D eigenvalue weighted by Gasteiger charge is -2.10. The maximum absolute atomic E-state index is 6.03. The van der Waals surface area contributed by atoms with Gasteiger partial charge >= 0.3 is 0 Å². The molecule has 0 spiro atoms. The Morgan fingerprint density at radius 1 is 1.50 bits per heavy atom. The van der Waals surface area contributed by atoms with Crippen molar-refractivity contribution in [1.29, 1.82) is 0 Å². The number of nitrogens with one attached hydrogen (secondary N) is 1. The number of hydrogen-bond donors (Lipinski definition) is 1.